The standard InChI is InChI=1S/C7H15IO/c1-4-7(5-2,6-8)9-3/h4-6H2,1-3H3. The van der Waals surface area contributed by atoms with Gasteiger partial charge in [0.25, 0.3) is 0 Å². The molecular formula is C7H15IO. The Kier molecular flexibility index (Phi) is 4.84. The van der Waals surface area contributed by atoms with E-state index >= 15 is 0 Å². The summed E-state index contributed by atoms with van der Waals surface area (Å²) in [5.41, 5.74) is 0.153. The molecule has 0 N–H and O–H groups in total. The Balaban J connectivity index is 3.82. The number of hydrogen-bond acceptors (Lipinski definition) is 1. The molecule has 56 valence electrons. The van der Waals surface area contributed by atoms with E-state index in [0.717, 1.165) is 17.3 Å². The van der Waals surface area contributed by atoms with Gasteiger partial charge in [-0.1, -0.05) is 36.4 Å². The Morgan fingerprint density at radius 2 is 1.78 bits per heavy atom. The third-order valence-corrected chi connectivity index (χ3v) is 3.36. The topological polar surface area (TPSA) is 9.23 Å². The average molecular weight is 242 g/mol. The maximum atomic E-state index is 5.38. The molecule has 0 bridgehead atoms. The highest BCUT2D eigenvalue weighted by Crippen LogP contribution is 2.21. The van der Waals surface area contributed by atoms with Gasteiger partial charge in [-0.15, -0.1) is 0 Å². The van der Waals surface area contributed by atoms with Crippen molar-refractivity contribution in [2.75, 3.05) is 11.5 Å². The third-order valence-electron chi connectivity index (χ3n) is 1.97. The second kappa shape index (κ2) is 4.50. The number of alkyl halides is 1. The average Bonchev–Trinajstić information content (AvgIpc) is 1.95. The van der Waals surface area contributed by atoms with E-state index in [9.17, 15) is 0 Å². The maximum Gasteiger partial charge on any atom is 0.0762 e. The summed E-state index contributed by atoms with van der Waals surface area (Å²) in [7, 11) is 1.80. The van der Waals surface area contributed by atoms with Crippen LogP contribution in [0.25, 0.3) is 0 Å². The molecule has 0 aliphatic carbocycles. The van der Waals surface area contributed by atoms with Crippen molar-refractivity contribution in [1.29, 1.82) is 0 Å². The lowest BCUT2D eigenvalue weighted by molar-refractivity contribution is 0.00668. The fraction of sp³-hybridized carbons (Fsp3) is 1.00. The van der Waals surface area contributed by atoms with Crippen LogP contribution in [-0.4, -0.2) is 17.1 Å². The van der Waals surface area contributed by atoms with E-state index in [2.05, 4.69) is 36.4 Å². The summed E-state index contributed by atoms with van der Waals surface area (Å²) in [6.45, 7) is 4.34. The highest BCUT2D eigenvalue weighted by Gasteiger charge is 2.22. The summed E-state index contributed by atoms with van der Waals surface area (Å²) in [6.07, 6.45) is 2.23. The number of ether oxygens (including phenoxy) is 1. The fourth-order valence-corrected chi connectivity index (χ4v) is 2.17. The monoisotopic (exact) mass is 242 g/mol. The smallest absolute Gasteiger partial charge is 0.0762 e. The van der Waals surface area contributed by atoms with E-state index in [1.54, 1.807) is 7.11 Å². The second-order valence-electron chi connectivity index (χ2n) is 2.23. The van der Waals surface area contributed by atoms with E-state index in [1.165, 1.54) is 0 Å². The Morgan fingerprint density at radius 3 is 1.78 bits per heavy atom. The number of halogens is 1. The van der Waals surface area contributed by atoms with Gasteiger partial charge in [0.15, 0.2) is 0 Å². The quantitative estimate of drug-likeness (QED) is 0.544. The molecule has 0 radical (unpaired) electrons. The summed E-state index contributed by atoms with van der Waals surface area (Å²) in [5, 5.41) is 0. The zero-order valence-corrected chi connectivity index (χ0v) is 8.57. The molecular weight excluding hydrogens is 227 g/mol. The molecule has 0 amide bonds. The lowest BCUT2D eigenvalue weighted by Gasteiger charge is -2.27. The predicted molar refractivity (Wildman–Crippen MR) is 49.2 cm³/mol. The molecule has 0 saturated carbocycles. The normalized spacial score (nSPS) is 12.0. The first kappa shape index (κ1) is 9.69. The molecule has 9 heavy (non-hydrogen) atoms. The zero-order chi connectivity index (χ0) is 7.33. The minimum absolute atomic E-state index is 0.153. The molecule has 0 aromatic heterocycles. The van der Waals surface area contributed by atoms with Gasteiger partial charge in [-0.05, 0) is 12.8 Å². The molecule has 0 rings (SSSR count). The largest absolute Gasteiger partial charge is 0.377 e. The summed E-state index contributed by atoms with van der Waals surface area (Å²) in [5.74, 6) is 0. The Morgan fingerprint density at radius 1 is 1.33 bits per heavy atom. The van der Waals surface area contributed by atoms with Crippen LogP contribution in [0.2, 0.25) is 0 Å². The third kappa shape index (κ3) is 2.42. The first-order valence-electron chi connectivity index (χ1n) is 3.35. The van der Waals surface area contributed by atoms with E-state index in [-0.39, 0.29) is 5.60 Å². The van der Waals surface area contributed by atoms with Crippen molar-refractivity contribution >= 4 is 22.6 Å². The van der Waals surface area contributed by atoms with E-state index < -0.39 is 0 Å². The lowest BCUT2D eigenvalue weighted by Crippen LogP contribution is -2.31. The van der Waals surface area contributed by atoms with Crippen LogP contribution in [0, 0.1) is 0 Å². The van der Waals surface area contributed by atoms with Crippen LogP contribution >= 0.6 is 22.6 Å². The van der Waals surface area contributed by atoms with Gasteiger partial charge < -0.3 is 4.74 Å². The lowest BCUT2D eigenvalue weighted by atomic mass is 10.0. The Hall–Kier alpha value is 0.690. The molecule has 0 saturated heterocycles. The summed E-state index contributed by atoms with van der Waals surface area (Å²) in [6, 6.07) is 0. The molecule has 2 heteroatoms. The summed E-state index contributed by atoms with van der Waals surface area (Å²) in [4.78, 5) is 0. The van der Waals surface area contributed by atoms with Gasteiger partial charge in [0.1, 0.15) is 0 Å². The van der Waals surface area contributed by atoms with Crippen LogP contribution in [0.1, 0.15) is 26.7 Å². The van der Waals surface area contributed by atoms with E-state index in [1.807, 2.05) is 0 Å². The molecule has 0 heterocycles. The van der Waals surface area contributed by atoms with Crippen molar-refractivity contribution in [3.05, 3.63) is 0 Å². The van der Waals surface area contributed by atoms with Crippen LogP contribution in [0.5, 0.6) is 0 Å². The molecule has 0 unspecified atom stereocenters. The number of methoxy groups -OCH3 is 1. The molecule has 1 nitrogen and oxygen atoms in total. The predicted octanol–water partition coefficient (Wildman–Crippen LogP) is 2.63. The SMILES string of the molecule is CCC(CC)(CI)OC. The molecule has 0 atom stereocenters. The highest BCUT2D eigenvalue weighted by molar-refractivity contribution is 14.1. The van der Waals surface area contributed by atoms with Crippen LogP contribution in [0.4, 0.5) is 0 Å². The maximum absolute atomic E-state index is 5.38. The second-order valence-corrected chi connectivity index (χ2v) is 2.99. The van der Waals surface area contributed by atoms with Gasteiger partial charge in [-0.2, -0.15) is 0 Å². The van der Waals surface area contributed by atoms with E-state index in [4.69, 9.17) is 4.74 Å². The van der Waals surface area contributed by atoms with Gasteiger partial charge in [0.05, 0.1) is 5.60 Å². The van der Waals surface area contributed by atoms with Crippen molar-refractivity contribution in [3.63, 3.8) is 0 Å². The van der Waals surface area contributed by atoms with Crippen molar-refractivity contribution < 1.29 is 4.74 Å². The molecule has 0 aromatic carbocycles. The van der Waals surface area contributed by atoms with Gasteiger partial charge in [0.2, 0.25) is 0 Å². The van der Waals surface area contributed by atoms with E-state index in [0.29, 0.717) is 0 Å². The van der Waals surface area contributed by atoms with Gasteiger partial charge in [-0.25, -0.2) is 0 Å². The first-order valence-corrected chi connectivity index (χ1v) is 4.88. The highest BCUT2D eigenvalue weighted by atomic mass is 127. The van der Waals surface area contributed by atoms with Crippen LogP contribution < -0.4 is 0 Å². The molecule has 0 aliphatic rings. The van der Waals surface area contributed by atoms with Gasteiger partial charge in [0, 0.05) is 11.5 Å². The Labute approximate surface area is 71.3 Å². The molecule has 0 aromatic rings. The Bertz CT molecular complexity index is 51.8. The summed E-state index contributed by atoms with van der Waals surface area (Å²) >= 11 is 2.38. The minimum atomic E-state index is 0.153. The number of hydrogen-bond donors (Lipinski definition) is 0. The van der Waals surface area contributed by atoms with Crippen molar-refractivity contribution in [1.82, 2.24) is 0 Å². The van der Waals surface area contributed by atoms with Crippen molar-refractivity contribution in [2.24, 2.45) is 0 Å². The number of rotatable bonds is 4. The zero-order valence-electron chi connectivity index (χ0n) is 6.41. The van der Waals surface area contributed by atoms with Crippen LogP contribution in [0.15, 0.2) is 0 Å². The molecule has 0 aliphatic heterocycles. The first-order chi connectivity index (χ1) is 4.24. The van der Waals surface area contributed by atoms with Crippen molar-refractivity contribution in [3.8, 4) is 0 Å². The van der Waals surface area contributed by atoms with Gasteiger partial charge >= 0.3 is 0 Å². The van der Waals surface area contributed by atoms with Crippen LogP contribution in [-0.2, 0) is 4.74 Å². The molecule has 0 fully saturated rings. The minimum Gasteiger partial charge on any atom is -0.377 e. The summed E-state index contributed by atoms with van der Waals surface area (Å²) < 4.78 is 6.47. The van der Waals surface area contributed by atoms with Crippen molar-refractivity contribution in [2.45, 2.75) is 32.3 Å². The van der Waals surface area contributed by atoms with Crippen LogP contribution in [0.3, 0.4) is 0 Å². The molecule has 0 spiro atoms. The van der Waals surface area contributed by atoms with Gasteiger partial charge in [-0.3, -0.25) is 0 Å². The fourth-order valence-electron chi connectivity index (χ4n) is 0.782.